The second kappa shape index (κ2) is 5.67. The van der Waals surface area contributed by atoms with E-state index in [-0.39, 0.29) is 10.7 Å². The molecule has 0 bridgehead atoms. The third-order valence-corrected chi connectivity index (χ3v) is 3.96. The average molecular weight is 311 g/mol. The summed E-state index contributed by atoms with van der Waals surface area (Å²) in [6, 6.07) is 18.4. The molecule has 0 amide bonds. The molecule has 0 atom stereocenters. The van der Waals surface area contributed by atoms with Gasteiger partial charge in [0.2, 0.25) is 0 Å². The van der Waals surface area contributed by atoms with E-state index in [0.717, 1.165) is 5.56 Å². The zero-order chi connectivity index (χ0) is 15.6. The number of sulfonamides is 1. The average Bonchev–Trinajstić information content (AvgIpc) is 2.55. The van der Waals surface area contributed by atoms with Crippen LogP contribution in [0.1, 0.15) is 0 Å². The van der Waals surface area contributed by atoms with Crippen LogP contribution in [0.25, 0.3) is 22.5 Å². The summed E-state index contributed by atoms with van der Waals surface area (Å²) in [4.78, 5) is 8.49. The lowest BCUT2D eigenvalue weighted by Crippen LogP contribution is -2.16. The number of hydrogen-bond donors (Lipinski definition) is 1. The van der Waals surface area contributed by atoms with Gasteiger partial charge in [0.25, 0.3) is 10.0 Å². The molecule has 0 aliphatic heterocycles. The predicted molar refractivity (Wildman–Crippen MR) is 84.3 cm³/mol. The van der Waals surface area contributed by atoms with Gasteiger partial charge in [-0.2, -0.15) is 0 Å². The molecule has 110 valence electrons. The van der Waals surface area contributed by atoms with E-state index in [0.29, 0.717) is 11.3 Å². The molecule has 0 fully saturated rings. The SMILES string of the molecule is NS(=O)(=O)c1ncc(-c2ccccc2)nc1-c1ccccc1. The van der Waals surface area contributed by atoms with Crippen LogP contribution >= 0.6 is 0 Å². The maximum absolute atomic E-state index is 11.8. The number of rotatable bonds is 3. The van der Waals surface area contributed by atoms with E-state index >= 15 is 0 Å². The van der Waals surface area contributed by atoms with Crippen molar-refractivity contribution in [3.05, 3.63) is 66.9 Å². The molecule has 1 heterocycles. The minimum atomic E-state index is -3.95. The van der Waals surface area contributed by atoms with E-state index in [2.05, 4.69) is 9.97 Å². The van der Waals surface area contributed by atoms with Gasteiger partial charge in [-0.3, -0.25) is 0 Å². The first-order valence-electron chi connectivity index (χ1n) is 6.56. The minimum absolute atomic E-state index is 0.224. The summed E-state index contributed by atoms with van der Waals surface area (Å²) < 4.78 is 23.5. The molecule has 5 nitrogen and oxygen atoms in total. The maximum Gasteiger partial charge on any atom is 0.257 e. The Bertz CT molecular complexity index is 895. The van der Waals surface area contributed by atoms with E-state index in [4.69, 9.17) is 5.14 Å². The van der Waals surface area contributed by atoms with Gasteiger partial charge in [-0.05, 0) is 0 Å². The fraction of sp³-hybridized carbons (Fsp3) is 0. The molecule has 22 heavy (non-hydrogen) atoms. The van der Waals surface area contributed by atoms with Gasteiger partial charge in [-0.25, -0.2) is 23.5 Å². The molecule has 6 heteroatoms. The van der Waals surface area contributed by atoms with Gasteiger partial charge >= 0.3 is 0 Å². The molecular weight excluding hydrogens is 298 g/mol. The molecule has 0 radical (unpaired) electrons. The molecular formula is C16H13N3O2S. The molecule has 0 aliphatic rings. The summed E-state index contributed by atoms with van der Waals surface area (Å²) in [5.74, 6) is 0. The van der Waals surface area contributed by atoms with Gasteiger partial charge < -0.3 is 0 Å². The van der Waals surface area contributed by atoms with Gasteiger partial charge in [-0.15, -0.1) is 0 Å². The van der Waals surface area contributed by atoms with E-state index in [1.807, 2.05) is 36.4 Å². The number of benzene rings is 2. The van der Waals surface area contributed by atoms with E-state index < -0.39 is 10.0 Å². The van der Waals surface area contributed by atoms with Crippen LogP contribution in [0, 0.1) is 0 Å². The van der Waals surface area contributed by atoms with Crippen molar-refractivity contribution < 1.29 is 8.42 Å². The fourth-order valence-corrected chi connectivity index (χ4v) is 2.75. The second-order valence-electron chi connectivity index (χ2n) is 4.69. The van der Waals surface area contributed by atoms with E-state index in [9.17, 15) is 8.42 Å². The van der Waals surface area contributed by atoms with Gasteiger partial charge in [0.05, 0.1) is 11.9 Å². The van der Waals surface area contributed by atoms with Crippen molar-refractivity contribution in [1.82, 2.24) is 9.97 Å². The van der Waals surface area contributed by atoms with Crippen LogP contribution in [0.5, 0.6) is 0 Å². The zero-order valence-corrected chi connectivity index (χ0v) is 12.4. The Hall–Kier alpha value is -2.57. The predicted octanol–water partition coefficient (Wildman–Crippen LogP) is 2.46. The molecule has 2 N–H and O–H groups in total. The first kappa shape index (κ1) is 14.4. The molecule has 0 saturated heterocycles. The Balaban J connectivity index is 2.24. The monoisotopic (exact) mass is 311 g/mol. The molecule has 0 aliphatic carbocycles. The Morgan fingerprint density at radius 1 is 0.818 bits per heavy atom. The van der Waals surface area contributed by atoms with Crippen LogP contribution in [0.3, 0.4) is 0 Å². The summed E-state index contributed by atoms with van der Waals surface area (Å²) in [5, 5.41) is 5.03. The molecule has 2 aromatic carbocycles. The van der Waals surface area contributed by atoms with Crippen LogP contribution in [-0.4, -0.2) is 18.4 Å². The summed E-state index contributed by atoms with van der Waals surface area (Å²) in [6.07, 6.45) is 1.42. The number of nitrogens with zero attached hydrogens (tertiary/aromatic N) is 2. The van der Waals surface area contributed by atoms with Crippen molar-refractivity contribution in [3.63, 3.8) is 0 Å². The standard InChI is InChI=1S/C16H13N3O2S/c17-22(20,21)16-15(13-9-5-2-6-10-13)19-14(11-18-16)12-7-3-1-4-8-12/h1-11H,(H2,17,20,21). The molecule has 0 unspecified atom stereocenters. The molecule has 0 spiro atoms. The van der Waals surface area contributed by atoms with Crippen LogP contribution < -0.4 is 5.14 Å². The highest BCUT2D eigenvalue weighted by atomic mass is 32.2. The Morgan fingerprint density at radius 2 is 1.36 bits per heavy atom. The van der Waals surface area contributed by atoms with Gasteiger partial charge in [0.15, 0.2) is 5.03 Å². The maximum atomic E-state index is 11.8. The van der Waals surface area contributed by atoms with Gasteiger partial charge in [0.1, 0.15) is 5.69 Å². The zero-order valence-electron chi connectivity index (χ0n) is 11.5. The second-order valence-corrected chi connectivity index (χ2v) is 6.16. The minimum Gasteiger partial charge on any atom is -0.243 e. The highest BCUT2D eigenvalue weighted by Crippen LogP contribution is 2.26. The largest absolute Gasteiger partial charge is 0.257 e. The lowest BCUT2D eigenvalue weighted by molar-refractivity contribution is 0.594. The van der Waals surface area contributed by atoms with Crippen molar-refractivity contribution in [2.75, 3.05) is 0 Å². The molecule has 1 aromatic heterocycles. The van der Waals surface area contributed by atoms with Crippen molar-refractivity contribution in [1.29, 1.82) is 0 Å². The highest BCUT2D eigenvalue weighted by Gasteiger charge is 2.19. The first-order chi connectivity index (χ1) is 10.6. The quantitative estimate of drug-likeness (QED) is 0.805. The number of nitrogens with two attached hydrogens (primary N) is 1. The Labute approximate surface area is 128 Å². The van der Waals surface area contributed by atoms with Crippen LogP contribution in [0.2, 0.25) is 0 Å². The number of aromatic nitrogens is 2. The van der Waals surface area contributed by atoms with Crippen molar-refractivity contribution in [2.24, 2.45) is 5.14 Å². The summed E-state index contributed by atoms with van der Waals surface area (Å²) in [5.41, 5.74) is 2.35. The third-order valence-electron chi connectivity index (χ3n) is 3.13. The van der Waals surface area contributed by atoms with Crippen molar-refractivity contribution >= 4 is 10.0 Å². The Morgan fingerprint density at radius 3 is 1.91 bits per heavy atom. The lowest BCUT2D eigenvalue weighted by atomic mass is 10.1. The van der Waals surface area contributed by atoms with Crippen molar-refractivity contribution in [3.8, 4) is 22.5 Å². The van der Waals surface area contributed by atoms with Gasteiger partial charge in [-0.1, -0.05) is 60.7 Å². The topological polar surface area (TPSA) is 85.9 Å². The first-order valence-corrected chi connectivity index (χ1v) is 8.11. The number of hydrogen-bond acceptors (Lipinski definition) is 4. The molecule has 0 saturated carbocycles. The summed E-state index contributed by atoms with van der Waals surface area (Å²) >= 11 is 0. The normalized spacial score (nSPS) is 11.3. The lowest BCUT2D eigenvalue weighted by Gasteiger charge is -2.09. The third kappa shape index (κ3) is 2.88. The van der Waals surface area contributed by atoms with Crippen molar-refractivity contribution in [2.45, 2.75) is 5.03 Å². The number of primary sulfonamides is 1. The van der Waals surface area contributed by atoms with Crippen LogP contribution in [0.4, 0.5) is 0 Å². The van der Waals surface area contributed by atoms with E-state index in [1.54, 1.807) is 24.3 Å². The molecule has 3 rings (SSSR count). The van der Waals surface area contributed by atoms with E-state index in [1.165, 1.54) is 6.20 Å². The smallest absolute Gasteiger partial charge is 0.243 e. The summed E-state index contributed by atoms with van der Waals surface area (Å²) in [7, 11) is -3.95. The van der Waals surface area contributed by atoms with Crippen LogP contribution in [-0.2, 0) is 10.0 Å². The van der Waals surface area contributed by atoms with Gasteiger partial charge in [0, 0.05) is 11.1 Å². The fourth-order valence-electron chi connectivity index (χ4n) is 2.12. The van der Waals surface area contributed by atoms with Crippen LogP contribution in [0.15, 0.2) is 71.9 Å². The summed E-state index contributed by atoms with van der Waals surface area (Å²) in [6.45, 7) is 0. The Kier molecular flexibility index (Phi) is 3.70. The highest BCUT2D eigenvalue weighted by molar-refractivity contribution is 7.89. The molecule has 3 aromatic rings.